The molecule has 134 valence electrons. The van der Waals surface area contributed by atoms with Gasteiger partial charge in [-0.2, -0.15) is 0 Å². The molecular formula is C19H17N7O. The lowest BCUT2D eigenvalue weighted by Crippen LogP contribution is -2.31. The molecule has 2 aromatic heterocycles. The molecule has 2 aromatic carbocycles. The number of amides is 1. The summed E-state index contributed by atoms with van der Waals surface area (Å²) in [6.45, 7) is 1.87. The van der Waals surface area contributed by atoms with Crippen LogP contribution in [0.1, 0.15) is 15.9 Å². The molecule has 0 fully saturated rings. The van der Waals surface area contributed by atoms with Crippen molar-refractivity contribution in [1.29, 1.82) is 0 Å². The third kappa shape index (κ3) is 3.04. The van der Waals surface area contributed by atoms with E-state index >= 15 is 0 Å². The van der Waals surface area contributed by atoms with Crippen molar-refractivity contribution in [1.82, 2.24) is 24.9 Å². The van der Waals surface area contributed by atoms with E-state index in [0.29, 0.717) is 22.9 Å². The third-order valence-corrected chi connectivity index (χ3v) is 4.23. The number of nitrogens with zero attached hydrogens (tertiary/aromatic N) is 4. The van der Waals surface area contributed by atoms with Crippen LogP contribution >= 0.6 is 0 Å². The molecular weight excluding hydrogens is 342 g/mol. The average Bonchev–Trinajstić information content (AvgIpc) is 3.11. The SMILES string of the molecule is Cc1ccccc1C(=O)NNc1ncnc(-n2cnc3ccccc32)c1N. The smallest absolute Gasteiger partial charge is 0.269 e. The number of benzene rings is 2. The summed E-state index contributed by atoms with van der Waals surface area (Å²) < 4.78 is 1.78. The highest BCUT2D eigenvalue weighted by atomic mass is 16.2. The molecule has 0 unspecified atom stereocenters. The van der Waals surface area contributed by atoms with E-state index in [1.54, 1.807) is 17.0 Å². The molecule has 0 saturated heterocycles. The number of hydrogen-bond donors (Lipinski definition) is 3. The zero-order chi connectivity index (χ0) is 18.8. The summed E-state index contributed by atoms with van der Waals surface area (Å²) in [6.07, 6.45) is 3.03. The van der Waals surface area contributed by atoms with Crippen LogP contribution in [0.4, 0.5) is 11.5 Å². The van der Waals surface area contributed by atoms with E-state index in [9.17, 15) is 4.79 Å². The molecule has 4 rings (SSSR count). The largest absolute Gasteiger partial charge is 0.393 e. The van der Waals surface area contributed by atoms with Gasteiger partial charge in [0.15, 0.2) is 11.6 Å². The predicted molar refractivity (Wildman–Crippen MR) is 103 cm³/mol. The fourth-order valence-electron chi connectivity index (χ4n) is 2.82. The quantitative estimate of drug-likeness (QED) is 0.483. The van der Waals surface area contributed by atoms with Gasteiger partial charge in [-0.25, -0.2) is 15.0 Å². The van der Waals surface area contributed by atoms with Gasteiger partial charge in [-0.1, -0.05) is 30.3 Å². The summed E-state index contributed by atoms with van der Waals surface area (Å²) >= 11 is 0. The normalized spacial score (nSPS) is 10.7. The average molecular weight is 359 g/mol. The second-order valence-corrected chi connectivity index (χ2v) is 5.96. The highest BCUT2D eigenvalue weighted by molar-refractivity contribution is 5.96. The fourth-order valence-corrected chi connectivity index (χ4v) is 2.82. The zero-order valence-electron chi connectivity index (χ0n) is 14.5. The minimum absolute atomic E-state index is 0.277. The highest BCUT2D eigenvalue weighted by Gasteiger charge is 2.14. The van der Waals surface area contributed by atoms with Gasteiger partial charge >= 0.3 is 0 Å². The Morgan fingerprint density at radius 2 is 1.81 bits per heavy atom. The van der Waals surface area contributed by atoms with Crippen molar-refractivity contribution < 1.29 is 4.79 Å². The number of para-hydroxylation sites is 2. The summed E-state index contributed by atoms with van der Waals surface area (Å²) in [6, 6.07) is 15.0. The molecule has 27 heavy (non-hydrogen) atoms. The number of carbonyl (C=O) groups excluding carboxylic acids is 1. The van der Waals surface area contributed by atoms with Crippen molar-refractivity contribution in [3.05, 3.63) is 72.3 Å². The lowest BCUT2D eigenvalue weighted by atomic mass is 10.1. The van der Waals surface area contributed by atoms with E-state index in [2.05, 4.69) is 25.8 Å². The molecule has 0 radical (unpaired) electrons. The van der Waals surface area contributed by atoms with Gasteiger partial charge in [-0.05, 0) is 30.7 Å². The number of aromatic nitrogens is 4. The number of hydrogen-bond acceptors (Lipinski definition) is 6. The minimum Gasteiger partial charge on any atom is -0.393 e. The summed E-state index contributed by atoms with van der Waals surface area (Å²) in [5.74, 6) is 0.506. The van der Waals surface area contributed by atoms with Crippen molar-refractivity contribution in [3.8, 4) is 5.82 Å². The molecule has 8 heteroatoms. The van der Waals surface area contributed by atoms with Crippen LogP contribution in [0.15, 0.2) is 61.2 Å². The van der Waals surface area contributed by atoms with Crippen molar-refractivity contribution in [3.63, 3.8) is 0 Å². The molecule has 0 spiro atoms. The molecule has 0 bridgehead atoms. The van der Waals surface area contributed by atoms with Crippen LogP contribution in [-0.2, 0) is 0 Å². The Kier molecular flexibility index (Phi) is 4.13. The van der Waals surface area contributed by atoms with Gasteiger partial charge in [0.1, 0.15) is 18.3 Å². The number of imidazole rings is 1. The number of rotatable bonds is 4. The number of nitrogens with two attached hydrogens (primary N) is 1. The van der Waals surface area contributed by atoms with Gasteiger partial charge in [-0.15, -0.1) is 0 Å². The van der Waals surface area contributed by atoms with E-state index in [1.807, 2.05) is 49.4 Å². The lowest BCUT2D eigenvalue weighted by molar-refractivity contribution is 0.0962. The molecule has 0 atom stereocenters. The Morgan fingerprint density at radius 1 is 1.04 bits per heavy atom. The van der Waals surface area contributed by atoms with Crippen LogP contribution in [0.3, 0.4) is 0 Å². The van der Waals surface area contributed by atoms with Crippen LogP contribution in [0.2, 0.25) is 0 Å². The number of nitrogens with one attached hydrogen (secondary N) is 2. The van der Waals surface area contributed by atoms with Gasteiger partial charge < -0.3 is 5.73 Å². The zero-order valence-corrected chi connectivity index (χ0v) is 14.5. The summed E-state index contributed by atoms with van der Waals surface area (Å²) in [5.41, 5.74) is 15.1. The maximum atomic E-state index is 12.4. The first-order chi connectivity index (χ1) is 13.1. The molecule has 4 aromatic rings. The van der Waals surface area contributed by atoms with Gasteiger partial charge in [0.05, 0.1) is 11.0 Å². The second kappa shape index (κ2) is 6.75. The van der Waals surface area contributed by atoms with Crippen molar-refractivity contribution in [2.45, 2.75) is 6.92 Å². The topological polar surface area (TPSA) is 111 Å². The number of nitrogen functional groups attached to an aromatic ring is 1. The second-order valence-electron chi connectivity index (χ2n) is 5.96. The maximum absolute atomic E-state index is 12.4. The first kappa shape index (κ1) is 16.5. The van der Waals surface area contributed by atoms with Crippen molar-refractivity contribution in [2.24, 2.45) is 0 Å². The molecule has 0 aliphatic rings. The number of fused-ring (bicyclic) bond motifs is 1. The van der Waals surface area contributed by atoms with Crippen LogP contribution in [0.25, 0.3) is 16.9 Å². The van der Waals surface area contributed by atoms with Gasteiger partial charge in [0, 0.05) is 5.56 Å². The van der Waals surface area contributed by atoms with Crippen LogP contribution in [0, 0.1) is 6.92 Å². The monoisotopic (exact) mass is 359 g/mol. The van der Waals surface area contributed by atoms with E-state index < -0.39 is 0 Å². The molecule has 0 aliphatic carbocycles. The summed E-state index contributed by atoms with van der Waals surface area (Å²) in [5, 5.41) is 0. The Labute approximate surface area is 155 Å². The number of anilines is 2. The Morgan fingerprint density at radius 3 is 2.67 bits per heavy atom. The fraction of sp³-hybridized carbons (Fsp3) is 0.0526. The minimum atomic E-state index is -0.277. The maximum Gasteiger partial charge on any atom is 0.269 e. The predicted octanol–water partition coefficient (Wildman–Crippen LogP) is 2.46. The number of aryl methyl sites for hydroxylation is 1. The Bertz CT molecular complexity index is 1140. The molecule has 2 heterocycles. The molecule has 4 N–H and O–H groups in total. The molecule has 0 aliphatic heterocycles. The van der Waals surface area contributed by atoms with Crippen molar-refractivity contribution >= 4 is 28.4 Å². The van der Waals surface area contributed by atoms with E-state index in [-0.39, 0.29) is 5.91 Å². The van der Waals surface area contributed by atoms with Crippen LogP contribution < -0.4 is 16.6 Å². The first-order valence-electron chi connectivity index (χ1n) is 8.30. The number of hydrazine groups is 1. The first-order valence-corrected chi connectivity index (χ1v) is 8.30. The van der Waals surface area contributed by atoms with Crippen molar-refractivity contribution in [2.75, 3.05) is 11.2 Å². The van der Waals surface area contributed by atoms with Gasteiger partial charge in [0.25, 0.3) is 5.91 Å². The lowest BCUT2D eigenvalue weighted by Gasteiger charge is -2.13. The summed E-state index contributed by atoms with van der Waals surface area (Å²) in [4.78, 5) is 25.1. The van der Waals surface area contributed by atoms with Gasteiger partial charge in [0.2, 0.25) is 0 Å². The standard InChI is InChI=1S/C19H17N7O/c1-12-6-2-3-7-13(12)19(27)25-24-17-16(20)18(22-10-21-17)26-11-23-14-8-4-5-9-15(14)26/h2-11H,20H2,1H3,(H,25,27)(H,21,22,24). The van der Waals surface area contributed by atoms with Gasteiger partial charge in [-0.3, -0.25) is 20.2 Å². The van der Waals surface area contributed by atoms with E-state index in [0.717, 1.165) is 16.6 Å². The molecule has 1 amide bonds. The number of carbonyl (C=O) groups is 1. The van der Waals surface area contributed by atoms with Crippen LogP contribution in [-0.4, -0.2) is 25.4 Å². The Hall–Kier alpha value is -3.94. The highest BCUT2D eigenvalue weighted by Crippen LogP contribution is 2.24. The molecule has 0 saturated carbocycles. The Balaban J connectivity index is 1.61. The third-order valence-electron chi connectivity index (χ3n) is 4.23. The van der Waals surface area contributed by atoms with Crippen LogP contribution in [0.5, 0.6) is 0 Å². The molecule has 8 nitrogen and oxygen atoms in total. The summed E-state index contributed by atoms with van der Waals surface area (Å²) in [7, 11) is 0. The van der Waals surface area contributed by atoms with E-state index in [1.165, 1.54) is 6.33 Å². The van der Waals surface area contributed by atoms with E-state index in [4.69, 9.17) is 5.73 Å².